The molecular weight excluding hydrogens is 248 g/mol. The Morgan fingerprint density at radius 2 is 1.90 bits per heavy atom. The summed E-state index contributed by atoms with van der Waals surface area (Å²) in [5.74, 6) is 0. The van der Waals surface area contributed by atoms with Crippen molar-refractivity contribution in [1.29, 1.82) is 5.26 Å². The van der Waals surface area contributed by atoms with Crippen molar-refractivity contribution in [1.82, 2.24) is 14.8 Å². The molecule has 2 aromatic carbocycles. The first-order valence-electron chi connectivity index (χ1n) is 6.28. The van der Waals surface area contributed by atoms with Crippen LogP contribution >= 0.6 is 0 Å². The molecular formula is C16H12N4. The van der Waals surface area contributed by atoms with Gasteiger partial charge in [0, 0.05) is 0 Å². The number of nitrogens with zero attached hydrogens (tertiary/aromatic N) is 4. The Kier molecular flexibility index (Phi) is 3.25. The van der Waals surface area contributed by atoms with Crippen LogP contribution in [0.1, 0.15) is 11.1 Å². The Hall–Kier alpha value is -2.93. The van der Waals surface area contributed by atoms with Gasteiger partial charge in [0.1, 0.15) is 12.7 Å². The lowest BCUT2D eigenvalue weighted by atomic mass is 9.96. The molecule has 0 aliphatic rings. The van der Waals surface area contributed by atoms with Crippen LogP contribution in [0, 0.1) is 11.3 Å². The molecule has 0 fully saturated rings. The van der Waals surface area contributed by atoms with Gasteiger partial charge < -0.3 is 0 Å². The fourth-order valence-corrected chi connectivity index (χ4v) is 2.23. The maximum Gasteiger partial charge on any atom is 0.137 e. The van der Waals surface area contributed by atoms with Gasteiger partial charge in [0.15, 0.2) is 0 Å². The minimum Gasteiger partial charge on any atom is -0.248 e. The third kappa shape index (κ3) is 2.29. The Morgan fingerprint density at radius 1 is 1.05 bits per heavy atom. The average molecular weight is 260 g/mol. The minimum absolute atomic E-state index is 0.536. The quantitative estimate of drug-likeness (QED) is 0.727. The molecule has 3 rings (SSSR count). The molecule has 0 saturated carbocycles. The van der Waals surface area contributed by atoms with Gasteiger partial charge >= 0.3 is 0 Å². The molecule has 0 unspecified atom stereocenters. The second-order valence-electron chi connectivity index (χ2n) is 4.40. The maximum atomic E-state index is 9.32. The van der Waals surface area contributed by atoms with E-state index in [1.165, 1.54) is 6.33 Å². The lowest BCUT2D eigenvalue weighted by Crippen LogP contribution is -2.04. The molecule has 96 valence electrons. The molecule has 4 heteroatoms. The number of hydrogen-bond acceptors (Lipinski definition) is 3. The van der Waals surface area contributed by atoms with Crippen LogP contribution in [0.3, 0.4) is 0 Å². The molecule has 20 heavy (non-hydrogen) atoms. The largest absolute Gasteiger partial charge is 0.248 e. The Morgan fingerprint density at radius 3 is 2.60 bits per heavy atom. The van der Waals surface area contributed by atoms with Gasteiger partial charge in [-0.2, -0.15) is 10.4 Å². The van der Waals surface area contributed by atoms with Crippen molar-refractivity contribution in [2.45, 2.75) is 6.54 Å². The van der Waals surface area contributed by atoms with Gasteiger partial charge in [-0.15, -0.1) is 0 Å². The van der Waals surface area contributed by atoms with E-state index in [0.29, 0.717) is 12.1 Å². The number of hydrogen-bond donors (Lipinski definition) is 0. The number of rotatable bonds is 3. The van der Waals surface area contributed by atoms with Crippen molar-refractivity contribution >= 4 is 0 Å². The zero-order chi connectivity index (χ0) is 13.8. The SMILES string of the molecule is N#Cc1cccc(-c2ccccc2)c1Cn1cncn1. The van der Waals surface area contributed by atoms with Crippen molar-refractivity contribution in [3.8, 4) is 17.2 Å². The highest BCUT2D eigenvalue weighted by atomic mass is 15.3. The predicted molar refractivity (Wildman–Crippen MR) is 75.7 cm³/mol. The van der Waals surface area contributed by atoms with Gasteiger partial charge in [-0.25, -0.2) is 9.67 Å². The van der Waals surface area contributed by atoms with Crippen LogP contribution in [0.4, 0.5) is 0 Å². The summed E-state index contributed by atoms with van der Waals surface area (Å²) in [6, 6.07) is 18.1. The molecule has 1 heterocycles. The standard InChI is InChI=1S/C16H12N4/c17-9-14-7-4-8-15(13-5-2-1-3-6-13)16(14)10-20-12-18-11-19-20/h1-8,11-12H,10H2. The summed E-state index contributed by atoms with van der Waals surface area (Å²) >= 11 is 0. The molecule has 0 aliphatic heterocycles. The van der Waals surface area contributed by atoms with E-state index in [4.69, 9.17) is 0 Å². The van der Waals surface area contributed by atoms with E-state index in [1.54, 1.807) is 11.0 Å². The summed E-state index contributed by atoms with van der Waals surface area (Å²) in [6.45, 7) is 0.536. The van der Waals surface area contributed by atoms with E-state index in [-0.39, 0.29) is 0 Å². The lowest BCUT2D eigenvalue weighted by molar-refractivity contribution is 0.684. The van der Waals surface area contributed by atoms with Crippen molar-refractivity contribution < 1.29 is 0 Å². The van der Waals surface area contributed by atoms with Gasteiger partial charge in [0.25, 0.3) is 0 Å². The molecule has 0 radical (unpaired) electrons. The van der Waals surface area contributed by atoms with Crippen LogP contribution in [-0.2, 0) is 6.54 Å². The highest BCUT2D eigenvalue weighted by Crippen LogP contribution is 2.26. The minimum atomic E-state index is 0.536. The Labute approximate surface area is 116 Å². The van der Waals surface area contributed by atoms with Gasteiger partial charge in [-0.05, 0) is 22.8 Å². The van der Waals surface area contributed by atoms with Crippen LogP contribution < -0.4 is 0 Å². The van der Waals surface area contributed by atoms with E-state index < -0.39 is 0 Å². The Balaban J connectivity index is 2.13. The average Bonchev–Trinajstić information content (AvgIpc) is 3.01. The number of nitriles is 1. The summed E-state index contributed by atoms with van der Waals surface area (Å²) in [6.07, 6.45) is 3.15. The molecule has 3 aromatic rings. The first-order valence-corrected chi connectivity index (χ1v) is 6.28. The lowest BCUT2D eigenvalue weighted by Gasteiger charge is -2.11. The first kappa shape index (κ1) is 12.1. The second-order valence-corrected chi connectivity index (χ2v) is 4.40. The zero-order valence-electron chi connectivity index (χ0n) is 10.8. The number of aromatic nitrogens is 3. The highest BCUT2D eigenvalue weighted by Gasteiger charge is 2.10. The smallest absolute Gasteiger partial charge is 0.137 e. The maximum absolute atomic E-state index is 9.32. The summed E-state index contributed by atoms with van der Waals surface area (Å²) in [4.78, 5) is 3.95. The predicted octanol–water partition coefficient (Wildman–Crippen LogP) is 2.87. The summed E-state index contributed by atoms with van der Waals surface area (Å²) in [5.41, 5.74) is 3.79. The zero-order valence-corrected chi connectivity index (χ0v) is 10.8. The molecule has 4 nitrogen and oxygen atoms in total. The third-order valence-electron chi connectivity index (χ3n) is 3.17. The highest BCUT2D eigenvalue weighted by molar-refractivity contribution is 5.70. The van der Waals surface area contributed by atoms with Crippen LogP contribution in [0.5, 0.6) is 0 Å². The summed E-state index contributed by atoms with van der Waals surface area (Å²) in [5, 5.41) is 13.4. The van der Waals surface area contributed by atoms with E-state index in [1.807, 2.05) is 48.5 Å². The molecule has 0 atom stereocenters. The normalized spacial score (nSPS) is 10.2. The van der Waals surface area contributed by atoms with E-state index >= 15 is 0 Å². The molecule has 0 bridgehead atoms. The van der Waals surface area contributed by atoms with Crippen LogP contribution in [0.2, 0.25) is 0 Å². The molecule has 0 N–H and O–H groups in total. The number of benzene rings is 2. The monoisotopic (exact) mass is 260 g/mol. The topological polar surface area (TPSA) is 54.5 Å². The summed E-state index contributed by atoms with van der Waals surface area (Å²) in [7, 11) is 0. The van der Waals surface area contributed by atoms with Crippen molar-refractivity contribution in [2.75, 3.05) is 0 Å². The first-order chi connectivity index (χ1) is 9.88. The van der Waals surface area contributed by atoms with Gasteiger partial charge in [-0.3, -0.25) is 0 Å². The molecule has 0 aliphatic carbocycles. The van der Waals surface area contributed by atoms with E-state index in [2.05, 4.69) is 16.2 Å². The van der Waals surface area contributed by atoms with Crippen molar-refractivity contribution in [3.05, 3.63) is 72.3 Å². The van der Waals surface area contributed by atoms with Gasteiger partial charge in [0.05, 0.1) is 18.2 Å². The van der Waals surface area contributed by atoms with Crippen LogP contribution in [0.25, 0.3) is 11.1 Å². The molecule has 0 spiro atoms. The van der Waals surface area contributed by atoms with E-state index in [0.717, 1.165) is 16.7 Å². The van der Waals surface area contributed by atoms with E-state index in [9.17, 15) is 5.26 Å². The van der Waals surface area contributed by atoms with Crippen molar-refractivity contribution in [2.24, 2.45) is 0 Å². The molecule has 0 amide bonds. The molecule has 1 aromatic heterocycles. The fraction of sp³-hybridized carbons (Fsp3) is 0.0625. The van der Waals surface area contributed by atoms with Gasteiger partial charge in [0.2, 0.25) is 0 Å². The fourth-order valence-electron chi connectivity index (χ4n) is 2.23. The molecule has 0 saturated heterocycles. The second kappa shape index (κ2) is 5.37. The van der Waals surface area contributed by atoms with Crippen LogP contribution in [-0.4, -0.2) is 14.8 Å². The van der Waals surface area contributed by atoms with Crippen LogP contribution in [0.15, 0.2) is 61.2 Å². The van der Waals surface area contributed by atoms with Crippen molar-refractivity contribution in [3.63, 3.8) is 0 Å². The third-order valence-corrected chi connectivity index (χ3v) is 3.17. The Bertz CT molecular complexity index is 740. The van der Waals surface area contributed by atoms with Gasteiger partial charge in [-0.1, -0.05) is 42.5 Å². The summed E-state index contributed by atoms with van der Waals surface area (Å²) < 4.78 is 1.72.